The zero-order valence-corrected chi connectivity index (χ0v) is 23.2. The summed E-state index contributed by atoms with van der Waals surface area (Å²) in [5.41, 5.74) is 0.142. The van der Waals surface area contributed by atoms with Gasteiger partial charge in [-0.3, -0.25) is 19.3 Å². The first-order chi connectivity index (χ1) is 18.9. The Bertz CT molecular complexity index is 1290. The van der Waals surface area contributed by atoms with Crippen LogP contribution in [0.4, 0.5) is 5.13 Å². The molecule has 4 rings (SSSR count). The Morgan fingerprint density at radius 2 is 2.28 bits per heavy atom. The molecule has 1 saturated heterocycles. The monoisotopic (exact) mass is 615 g/mol. The molecule has 0 saturated carbocycles. The van der Waals surface area contributed by atoms with Crippen molar-refractivity contribution in [3.63, 3.8) is 0 Å². The van der Waals surface area contributed by atoms with Crippen molar-refractivity contribution in [1.29, 1.82) is 0 Å². The first-order valence-electron chi connectivity index (χ1n) is 11.0. The van der Waals surface area contributed by atoms with Gasteiger partial charge in [-0.1, -0.05) is 16.9 Å². The first kappa shape index (κ1) is 28.8. The molecule has 16 nitrogen and oxygen atoms in total. The lowest BCUT2D eigenvalue weighted by molar-refractivity contribution is -0.150. The van der Waals surface area contributed by atoms with Gasteiger partial charge in [-0.25, -0.2) is 9.78 Å². The van der Waals surface area contributed by atoms with E-state index in [9.17, 15) is 29.4 Å². The molecule has 3 atom stereocenters. The molecule has 3 amide bonds. The molecule has 20 heteroatoms. The number of rotatable bonds is 14. The van der Waals surface area contributed by atoms with Gasteiger partial charge in [-0.15, -0.1) is 45.1 Å². The summed E-state index contributed by atoms with van der Waals surface area (Å²) in [5.74, 6) is -2.30. The van der Waals surface area contributed by atoms with Crippen molar-refractivity contribution in [2.75, 3.05) is 29.9 Å². The molecule has 0 bridgehead atoms. The van der Waals surface area contributed by atoms with Crippen molar-refractivity contribution in [1.82, 2.24) is 35.8 Å². The molecule has 4 heterocycles. The number of aromatic amines is 1. The number of fused-ring (bicyclic) bond motifs is 1. The Morgan fingerprint density at radius 1 is 1.46 bits per heavy atom. The summed E-state index contributed by atoms with van der Waals surface area (Å²) in [6, 6.07) is -1.03. The zero-order chi connectivity index (χ0) is 27.9. The Balaban J connectivity index is 1.54. The van der Waals surface area contributed by atoms with E-state index in [1.54, 1.807) is 6.26 Å². The minimum atomic E-state index is -1.31. The van der Waals surface area contributed by atoms with E-state index in [-0.39, 0.29) is 52.1 Å². The molecule has 0 radical (unpaired) electrons. The van der Waals surface area contributed by atoms with Gasteiger partial charge in [-0.05, 0) is 23.5 Å². The molecule has 1 fully saturated rings. The number of aliphatic hydroxyl groups excluding tert-OH is 1. The second-order valence-corrected chi connectivity index (χ2v) is 11.6. The highest BCUT2D eigenvalue weighted by Gasteiger charge is 2.55. The molecule has 208 valence electrons. The summed E-state index contributed by atoms with van der Waals surface area (Å²) in [7, 11) is 0. The number of aliphatic hydroxyl groups is 1. The van der Waals surface area contributed by atoms with Crippen LogP contribution in [-0.4, -0.2) is 112 Å². The second-order valence-electron chi connectivity index (χ2n) is 7.63. The van der Waals surface area contributed by atoms with Crippen LogP contribution in [0.15, 0.2) is 27.0 Å². The SMILES string of the molecule is CSCON=C(C(=O)NC1C(=O)N2C(C(=O)O)=C(C(CCO)Sc3nn[nH]n3)CS[C@H]12)c1csc(NC=O)n1. The lowest BCUT2D eigenvalue weighted by atomic mass is 10.00. The van der Waals surface area contributed by atoms with Gasteiger partial charge in [-0.2, -0.15) is 5.21 Å². The largest absolute Gasteiger partial charge is 0.477 e. The quantitative estimate of drug-likeness (QED) is 0.0345. The number of nitrogens with zero attached hydrogens (tertiary/aromatic N) is 6. The van der Waals surface area contributed by atoms with Gasteiger partial charge in [0.1, 0.15) is 22.8 Å². The lowest BCUT2D eigenvalue weighted by Gasteiger charge is -2.50. The number of tetrazole rings is 1. The first-order valence-corrected chi connectivity index (χ1v) is 15.2. The van der Waals surface area contributed by atoms with Crippen LogP contribution in [0.1, 0.15) is 12.1 Å². The number of thiazole rings is 1. The van der Waals surface area contributed by atoms with Crippen molar-refractivity contribution in [2.24, 2.45) is 5.16 Å². The number of β-lactam (4-membered cyclic amide) rings is 1. The Labute approximate surface area is 236 Å². The van der Waals surface area contributed by atoms with E-state index in [0.717, 1.165) is 28.0 Å². The van der Waals surface area contributed by atoms with Gasteiger partial charge >= 0.3 is 5.97 Å². The maximum Gasteiger partial charge on any atom is 0.352 e. The third-order valence-corrected chi connectivity index (χ3v) is 8.92. The number of hydrogen-bond acceptors (Lipinski definition) is 15. The topological polar surface area (TPSA) is 225 Å². The number of oxime groups is 1. The van der Waals surface area contributed by atoms with Crippen LogP contribution < -0.4 is 10.6 Å². The molecule has 2 aromatic rings. The van der Waals surface area contributed by atoms with Crippen molar-refractivity contribution < 1.29 is 34.2 Å². The van der Waals surface area contributed by atoms with E-state index in [4.69, 9.17) is 4.84 Å². The third-order valence-electron chi connectivity index (χ3n) is 5.31. The van der Waals surface area contributed by atoms with Gasteiger partial charge in [0.25, 0.3) is 11.8 Å². The summed E-state index contributed by atoms with van der Waals surface area (Å²) in [6.07, 6.45) is 2.42. The van der Waals surface area contributed by atoms with E-state index in [0.29, 0.717) is 12.0 Å². The van der Waals surface area contributed by atoms with E-state index >= 15 is 0 Å². The van der Waals surface area contributed by atoms with Gasteiger partial charge < -0.3 is 25.7 Å². The van der Waals surface area contributed by atoms with Crippen LogP contribution in [0, 0.1) is 0 Å². The normalized spacial score (nSPS) is 19.7. The molecule has 0 aromatic carbocycles. The van der Waals surface area contributed by atoms with Crippen molar-refractivity contribution in [2.45, 2.75) is 28.2 Å². The van der Waals surface area contributed by atoms with Crippen LogP contribution in [0.2, 0.25) is 0 Å². The fourth-order valence-corrected chi connectivity index (χ4v) is 7.04. The predicted octanol–water partition coefficient (Wildman–Crippen LogP) is -0.452. The summed E-state index contributed by atoms with van der Waals surface area (Å²) >= 11 is 4.79. The Hall–Kier alpha value is -3.20. The van der Waals surface area contributed by atoms with Gasteiger partial charge in [0.05, 0.1) is 0 Å². The Kier molecular flexibility index (Phi) is 9.78. The zero-order valence-electron chi connectivity index (χ0n) is 20.0. The summed E-state index contributed by atoms with van der Waals surface area (Å²) < 4.78 is 0. The molecule has 2 unspecified atom stereocenters. The van der Waals surface area contributed by atoms with E-state index in [2.05, 4.69) is 41.4 Å². The standard InChI is InChI=1S/C19H21N9O7S4/c1-36-7-35-25-11(9-5-38-18(21-9)20-6-30)14(31)22-12-15(32)28-13(17(33)34)8(4-37-16(12)28)10(2-3-29)39-19-23-26-27-24-19/h5-6,10,12,16,29H,2-4,7H2,1H3,(H,22,31)(H,33,34)(H,20,21,30)(H,23,24,26,27)/t10?,12?,16-/m1/s1. The number of carboxylic acids is 1. The number of aliphatic carboxylic acids is 1. The highest BCUT2D eigenvalue weighted by atomic mass is 32.2. The smallest absolute Gasteiger partial charge is 0.352 e. The van der Waals surface area contributed by atoms with E-state index in [1.807, 2.05) is 0 Å². The van der Waals surface area contributed by atoms with Crippen molar-refractivity contribution >= 4 is 81.7 Å². The van der Waals surface area contributed by atoms with Crippen LogP contribution in [0.3, 0.4) is 0 Å². The van der Waals surface area contributed by atoms with E-state index < -0.39 is 34.4 Å². The third kappa shape index (κ3) is 6.35. The molecule has 2 aliphatic heterocycles. The highest BCUT2D eigenvalue weighted by molar-refractivity contribution is 8.01. The van der Waals surface area contributed by atoms with Gasteiger partial charge in [0.15, 0.2) is 16.8 Å². The number of aromatic nitrogens is 5. The number of carbonyl (C=O) groups is 4. The number of nitrogens with one attached hydrogen (secondary N) is 3. The number of amides is 3. The Morgan fingerprint density at radius 3 is 2.95 bits per heavy atom. The number of anilines is 1. The maximum atomic E-state index is 13.2. The molecule has 0 aliphatic carbocycles. The predicted molar refractivity (Wildman–Crippen MR) is 143 cm³/mol. The molecule has 2 aromatic heterocycles. The van der Waals surface area contributed by atoms with Crippen molar-refractivity contribution in [3.05, 3.63) is 22.3 Å². The minimum absolute atomic E-state index is 0.127. The molecule has 0 spiro atoms. The van der Waals surface area contributed by atoms with Gasteiger partial charge in [0, 0.05) is 23.0 Å². The molecule has 5 N–H and O–H groups in total. The molecule has 2 aliphatic rings. The summed E-state index contributed by atoms with van der Waals surface area (Å²) in [6.45, 7) is -0.228. The maximum absolute atomic E-state index is 13.2. The molecular formula is C19H21N9O7S4. The lowest BCUT2D eigenvalue weighted by Crippen LogP contribution is -2.71. The highest BCUT2D eigenvalue weighted by Crippen LogP contribution is 2.44. The second kappa shape index (κ2) is 13.2. The fourth-order valence-electron chi connectivity index (χ4n) is 3.70. The number of thioether (sulfide) groups is 3. The number of carboxylic acid groups (broad SMARTS) is 1. The number of hydrogen-bond donors (Lipinski definition) is 5. The van der Waals surface area contributed by atoms with Crippen LogP contribution in [0.5, 0.6) is 0 Å². The average molecular weight is 616 g/mol. The van der Waals surface area contributed by atoms with Crippen molar-refractivity contribution in [3.8, 4) is 0 Å². The van der Waals surface area contributed by atoms with Crippen LogP contribution >= 0.6 is 46.6 Å². The van der Waals surface area contributed by atoms with E-state index in [1.165, 1.54) is 28.9 Å². The average Bonchev–Trinajstić information content (AvgIpc) is 3.61. The summed E-state index contributed by atoms with van der Waals surface area (Å²) in [4.78, 5) is 59.8. The molecular weight excluding hydrogens is 595 g/mol. The van der Waals surface area contributed by atoms with Crippen LogP contribution in [0.25, 0.3) is 0 Å². The minimum Gasteiger partial charge on any atom is -0.477 e. The molecule has 39 heavy (non-hydrogen) atoms. The fraction of sp³-hybridized carbons (Fsp3) is 0.421. The number of carbonyl (C=O) groups excluding carboxylic acids is 3. The van der Waals surface area contributed by atoms with Gasteiger partial charge in [0.2, 0.25) is 11.6 Å². The number of H-pyrrole nitrogens is 1. The summed E-state index contributed by atoms with van der Waals surface area (Å²) in [5, 5.41) is 42.8. The van der Waals surface area contributed by atoms with Crippen LogP contribution in [-0.2, 0) is 24.0 Å².